The lowest BCUT2D eigenvalue weighted by atomic mass is 9.90. The number of amides is 2. The van der Waals surface area contributed by atoms with E-state index in [1.807, 2.05) is 13.8 Å². The Morgan fingerprint density at radius 3 is 2.29 bits per heavy atom. The number of likely N-dealkylation sites (tertiary alicyclic amines) is 1. The minimum atomic E-state index is -0.680. The molecule has 1 heterocycles. The maximum absolute atomic E-state index is 12.6. The molecule has 0 saturated carbocycles. The number of benzene rings is 1. The summed E-state index contributed by atoms with van der Waals surface area (Å²) in [6, 6.07) is 5.30. The van der Waals surface area contributed by atoms with Crippen LogP contribution >= 0.6 is 23.2 Å². The van der Waals surface area contributed by atoms with Crippen LogP contribution in [0, 0.1) is 5.92 Å². The third-order valence-corrected chi connectivity index (χ3v) is 5.01. The third kappa shape index (κ3) is 4.11. The van der Waals surface area contributed by atoms with Crippen molar-refractivity contribution in [2.45, 2.75) is 32.2 Å². The fraction of sp³-hybridized carbons (Fsp3) is 0.444. The van der Waals surface area contributed by atoms with Crippen LogP contribution in [0.2, 0.25) is 10.0 Å². The van der Waals surface area contributed by atoms with Crippen LogP contribution in [0.1, 0.15) is 32.3 Å². The SMILES string of the molecule is C=CC(=O)N1CCC(C(=O)NC(C)(C)c2c(Cl)cccc2Cl)CC1. The maximum atomic E-state index is 12.6. The fourth-order valence-corrected chi connectivity index (χ4v) is 3.93. The molecule has 0 atom stereocenters. The van der Waals surface area contributed by atoms with Gasteiger partial charge in [0.2, 0.25) is 11.8 Å². The lowest BCUT2D eigenvalue weighted by Crippen LogP contribution is -2.47. The molecule has 2 rings (SSSR count). The Hall–Kier alpha value is -1.52. The molecule has 6 heteroatoms. The second kappa shape index (κ2) is 7.58. The molecular weight excluding hydrogens is 347 g/mol. The van der Waals surface area contributed by atoms with Crippen molar-refractivity contribution in [1.82, 2.24) is 10.2 Å². The van der Waals surface area contributed by atoms with Crippen LogP contribution in [0.15, 0.2) is 30.9 Å². The molecule has 1 N–H and O–H groups in total. The van der Waals surface area contributed by atoms with Crippen molar-refractivity contribution in [3.63, 3.8) is 0 Å². The molecular formula is C18H22Cl2N2O2. The first-order chi connectivity index (χ1) is 11.3. The maximum Gasteiger partial charge on any atom is 0.245 e. The van der Waals surface area contributed by atoms with Crippen molar-refractivity contribution in [3.05, 3.63) is 46.5 Å². The van der Waals surface area contributed by atoms with Gasteiger partial charge in [-0.15, -0.1) is 0 Å². The van der Waals surface area contributed by atoms with E-state index in [0.717, 1.165) is 0 Å². The van der Waals surface area contributed by atoms with E-state index < -0.39 is 5.54 Å². The van der Waals surface area contributed by atoms with Crippen LogP contribution in [0.5, 0.6) is 0 Å². The van der Waals surface area contributed by atoms with Gasteiger partial charge in [-0.05, 0) is 44.9 Å². The Balaban J connectivity index is 2.04. The van der Waals surface area contributed by atoms with Crippen molar-refractivity contribution in [3.8, 4) is 0 Å². The summed E-state index contributed by atoms with van der Waals surface area (Å²) in [5.74, 6) is -0.252. The molecule has 1 saturated heterocycles. The molecule has 2 amide bonds. The predicted molar refractivity (Wildman–Crippen MR) is 97.1 cm³/mol. The summed E-state index contributed by atoms with van der Waals surface area (Å²) in [5, 5.41) is 4.10. The highest BCUT2D eigenvalue weighted by atomic mass is 35.5. The summed E-state index contributed by atoms with van der Waals surface area (Å²) in [6.07, 6.45) is 2.58. The number of halogens is 2. The number of carbonyl (C=O) groups excluding carboxylic acids is 2. The Morgan fingerprint density at radius 2 is 1.79 bits per heavy atom. The molecule has 0 unspecified atom stereocenters. The summed E-state index contributed by atoms with van der Waals surface area (Å²) in [5.41, 5.74) is 0.0292. The standard InChI is InChI=1S/C18H22Cl2N2O2/c1-4-15(23)22-10-8-12(9-11-22)17(24)21-18(2,3)16-13(19)6-5-7-14(16)20/h4-7,12H,1,8-11H2,2-3H3,(H,21,24). The highest BCUT2D eigenvalue weighted by Crippen LogP contribution is 2.34. The molecule has 0 aliphatic carbocycles. The van der Waals surface area contributed by atoms with Crippen molar-refractivity contribution in [2.75, 3.05) is 13.1 Å². The van der Waals surface area contributed by atoms with Crippen molar-refractivity contribution in [1.29, 1.82) is 0 Å². The Labute approximate surface area is 152 Å². The molecule has 1 aliphatic rings. The number of nitrogens with zero attached hydrogens (tertiary/aromatic N) is 1. The number of piperidine rings is 1. The van der Waals surface area contributed by atoms with Crippen LogP contribution < -0.4 is 5.32 Å². The molecule has 4 nitrogen and oxygen atoms in total. The highest BCUT2D eigenvalue weighted by molar-refractivity contribution is 6.36. The lowest BCUT2D eigenvalue weighted by molar-refractivity contribution is -0.133. The highest BCUT2D eigenvalue weighted by Gasteiger charge is 2.32. The van der Waals surface area contributed by atoms with E-state index in [1.165, 1.54) is 6.08 Å². The first kappa shape index (κ1) is 18.8. The number of carbonyl (C=O) groups is 2. The Bertz CT molecular complexity index is 630. The zero-order chi connectivity index (χ0) is 17.9. The molecule has 1 aliphatic heterocycles. The van der Waals surface area contributed by atoms with Crippen LogP contribution in [0.3, 0.4) is 0 Å². The molecule has 1 fully saturated rings. The minimum absolute atomic E-state index is 0.0401. The summed E-state index contributed by atoms with van der Waals surface area (Å²) in [6.45, 7) is 8.39. The Kier molecular flexibility index (Phi) is 5.94. The fourth-order valence-electron chi connectivity index (χ4n) is 3.06. The van der Waals surface area contributed by atoms with Gasteiger partial charge in [-0.25, -0.2) is 0 Å². The molecule has 0 radical (unpaired) electrons. The first-order valence-electron chi connectivity index (χ1n) is 7.94. The zero-order valence-electron chi connectivity index (χ0n) is 13.9. The van der Waals surface area contributed by atoms with Gasteiger partial charge in [0.25, 0.3) is 0 Å². The quantitative estimate of drug-likeness (QED) is 0.822. The van der Waals surface area contributed by atoms with E-state index in [-0.39, 0.29) is 17.7 Å². The molecule has 1 aromatic rings. The van der Waals surface area contributed by atoms with Crippen LogP contribution in [0.4, 0.5) is 0 Å². The molecule has 0 aromatic heterocycles. The minimum Gasteiger partial charge on any atom is -0.347 e. The van der Waals surface area contributed by atoms with E-state index in [9.17, 15) is 9.59 Å². The van der Waals surface area contributed by atoms with E-state index >= 15 is 0 Å². The Morgan fingerprint density at radius 1 is 1.25 bits per heavy atom. The average Bonchev–Trinajstić information content (AvgIpc) is 2.53. The van der Waals surface area contributed by atoms with Gasteiger partial charge >= 0.3 is 0 Å². The van der Waals surface area contributed by atoms with E-state index in [0.29, 0.717) is 41.5 Å². The van der Waals surface area contributed by atoms with E-state index in [4.69, 9.17) is 23.2 Å². The van der Waals surface area contributed by atoms with Gasteiger partial charge in [-0.2, -0.15) is 0 Å². The molecule has 130 valence electrons. The first-order valence-corrected chi connectivity index (χ1v) is 8.69. The van der Waals surface area contributed by atoms with Crippen LogP contribution in [-0.4, -0.2) is 29.8 Å². The largest absolute Gasteiger partial charge is 0.347 e. The monoisotopic (exact) mass is 368 g/mol. The van der Waals surface area contributed by atoms with Gasteiger partial charge in [0.05, 0.1) is 5.54 Å². The van der Waals surface area contributed by atoms with Crippen LogP contribution in [-0.2, 0) is 15.1 Å². The zero-order valence-corrected chi connectivity index (χ0v) is 15.5. The van der Waals surface area contributed by atoms with E-state index in [2.05, 4.69) is 11.9 Å². The molecule has 1 aromatic carbocycles. The normalized spacial score (nSPS) is 15.9. The van der Waals surface area contributed by atoms with Gasteiger partial charge in [0.15, 0.2) is 0 Å². The second-order valence-corrected chi connectivity index (χ2v) is 7.33. The number of hydrogen-bond donors (Lipinski definition) is 1. The van der Waals surface area contributed by atoms with Crippen molar-refractivity contribution < 1.29 is 9.59 Å². The van der Waals surface area contributed by atoms with Gasteiger partial charge in [-0.3, -0.25) is 9.59 Å². The van der Waals surface area contributed by atoms with Gasteiger partial charge < -0.3 is 10.2 Å². The number of rotatable bonds is 4. The average molecular weight is 369 g/mol. The summed E-state index contributed by atoms with van der Waals surface area (Å²) >= 11 is 12.5. The number of nitrogens with one attached hydrogen (secondary N) is 1. The topological polar surface area (TPSA) is 49.4 Å². The van der Waals surface area contributed by atoms with Gasteiger partial charge in [0, 0.05) is 34.6 Å². The third-order valence-electron chi connectivity index (χ3n) is 4.38. The lowest BCUT2D eigenvalue weighted by Gasteiger charge is -2.34. The van der Waals surface area contributed by atoms with Gasteiger partial charge in [0.1, 0.15) is 0 Å². The second-order valence-electron chi connectivity index (χ2n) is 6.51. The molecule has 0 spiro atoms. The summed E-state index contributed by atoms with van der Waals surface area (Å²) < 4.78 is 0. The van der Waals surface area contributed by atoms with Crippen molar-refractivity contribution >= 4 is 35.0 Å². The van der Waals surface area contributed by atoms with Crippen LogP contribution in [0.25, 0.3) is 0 Å². The molecule has 24 heavy (non-hydrogen) atoms. The van der Waals surface area contributed by atoms with Gasteiger partial charge in [-0.1, -0.05) is 35.8 Å². The summed E-state index contributed by atoms with van der Waals surface area (Å²) in [4.78, 5) is 26.0. The molecule has 0 bridgehead atoms. The van der Waals surface area contributed by atoms with E-state index in [1.54, 1.807) is 23.1 Å². The number of hydrogen-bond acceptors (Lipinski definition) is 2. The summed E-state index contributed by atoms with van der Waals surface area (Å²) in [7, 11) is 0. The predicted octanol–water partition coefficient (Wildman–Crippen LogP) is 3.77. The van der Waals surface area contributed by atoms with Crippen molar-refractivity contribution in [2.24, 2.45) is 5.92 Å². The smallest absolute Gasteiger partial charge is 0.245 e.